The molecule has 0 amide bonds. The van der Waals surface area contributed by atoms with Gasteiger partial charge in [-0.05, 0) is 25.7 Å². The zero-order valence-corrected chi connectivity index (χ0v) is 5.87. The normalized spacial score (nSPS) is 13.0. The van der Waals surface area contributed by atoms with Crippen LogP contribution in [0, 0.1) is 5.92 Å². The fraction of sp³-hybridized carbons (Fsp3) is 0.800. The number of hydrogen-bond donors (Lipinski definition) is 1. The molecule has 7 heavy (non-hydrogen) atoms. The van der Waals surface area contributed by atoms with E-state index in [0.717, 1.165) is 5.71 Å². The molecule has 0 aromatic carbocycles. The molecule has 0 atom stereocenters. The summed E-state index contributed by atoms with van der Waals surface area (Å²) in [5.74, 6) is 0.539. The lowest BCUT2D eigenvalue weighted by atomic mass is 10.1. The number of thiol groups is 1. The van der Waals surface area contributed by atoms with Crippen LogP contribution in [-0.2, 0) is 0 Å². The van der Waals surface area contributed by atoms with E-state index >= 15 is 0 Å². The van der Waals surface area contributed by atoms with Gasteiger partial charge in [0.15, 0.2) is 0 Å². The molecule has 0 aromatic rings. The summed E-state index contributed by atoms with van der Waals surface area (Å²) in [5.41, 5.74) is 1.09. The van der Waals surface area contributed by atoms with Crippen LogP contribution in [-0.4, -0.2) is 5.71 Å². The highest BCUT2D eigenvalue weighted by molar-refractivity contribution is 7.79. The van der Waals surface area contributed by atoms with Crippen molar-refractivity contribution >= 4 is 18.5 Å². The quantitative estimate of drug-likeness (QED) is 0.398. The Balaban J connectivity index is 3.56. The van der Waals surface area contributed by atoms with Crippen molar-refractivity contribution in [3.8, 4) is 0 Å². The van der Waals surface area contributed by atoms with Gasteiger partial charge in [-0.1, -0.05) is 13.8 Å². The Morgan fingerprint density at radius 1 is 1.57 bits per heavy atom. The molecule has 0 heterocycles. The van der Waals surface area contributed by atoms with Crippen LogP contribution < -0.4 is 0 Å². The first-order valence-electron chi connectivity index (χ1n) is 2.37. The van der Waals surface area contributed by atoms with Gasteiger partial charge in [0, 0.05) is 5.71 Å². The predicted octanol–water partition coefficient (Wildman–Crippen LogP) is 1.95. The van der Waals surface area contributed by atoms with E-state index in [1.54, 1.807) is 0 Å². The van der Waals surface area contributed by atoms with Crippen LogP contribution in [0.1, 0.15) is 20.8 Å². The van der Waals surface area contributed by atoms with E-state index < -0.39 is 0 Å². The lowest BCUT2D eigenvalue weighted by molar-refractivity contribution is 0.883. The average molecular weight is 117 g/mol. The van der Waals surface area contributed by atoms with Crippen molar-refractivity contribution in [1.82, 2.24) is 0 Å². The molecule has 0 saturated heterocycles. The van der Waals surface area contributed by atoms with Crippen molar-refractivity contribution < 1.29 is 0 Å². The smallest absolute Gasteiger partial charge is 0.0253 e. The molecular weight excluding hydrogens is 106 g/mol. The first-order chi connectivity index (χ1) is 3.18. The van der Waals surface area contributed by atoms with Crippen molar-refractivity contribution in [1.29, 1.82) is 0 Å². The van der Waals surface area contributed by atoms with E-state index in [1.165, 1.54) is 0 Å². The highest BCUT2D eigenvalue weighted by Crippen LogP contribution is 1.96. The van der Waals surface area contributed by atoms with Crippen molar-refractivity contribution in [2.24, 2.45) is 10.3 Å². The van der Waals surface area contributed by atoms with E-state index in [9.17, 15) is 0 Å². The standard InChI is InChI=1S/C5H11NS/c1-4(2)5(3)6-7/h4,7H,1-3H3/b6-5+. The van der Waals surface area contributed by atoms with Gasteiger partial charge in [0.1, 0.15) is 0 Å². The molecule has 0 aliphatic rings. The SMILES string of the molecule is C/C(=N\S)C(C)C. The molecule has 0 rings (SSSR count). The highest BCUT2D eigenvalue weighted by Gasteiger charge is 1.93. The Hall–Kier alpha value is 0.0200. The van der Waals surface area contributed by atoms with Crippen molar-refractivity contribution in [3.63, 3.8) is 0 Å². The Kier molecular flexibility index (Phi) is 3.09. The third-order valence-electron chi connectivity index (χ3n) is 0.993. The van der Waals surface area contributed by atoms with Crippen LogP contribution in [0.2, 0.25) is 0 Å². The summed E-state index contributed by atoms with van der Waals surface area (Å²) in [4.78, 5) is 0. The summed E-state index contributed by atoms with van der Waals surface area (Å²) >= 11 is 3.74. The van der Waals surface area contributed by atoms with Crippen LogP contribution in [0.4, 0.5) is 0 Å². The summed E-state index contributed by atoms with van der Waals surface area (Å²) in [5, 5.41) is 0. The second-order valence-corrected chi connectivity index (χ2v) is 2.10. The van der Waals surface area contributed by atoms with Gasteiger partial charge >= 0.3 is 0 Å². The van der Waals surface area contributed by atoms with Crippen molar-refractivity contribution in [3.05, 3.63) is 0 Å². The summed E-state index contributed by atoms with van der Waals surface area (Å²) in [6.07, 6.45) is 0. The topological polar surface area (TPSA) is 12.4 Å². The second-order valence-electron chi connectivity index (χ2n) is 1.90. The molecule has 42 valence electrons. The Bertz CT molecular complexity index is 76.1. The number of hydrogen-bond acceptors (Lipinski definition) is 2. The lowest BCUT2D eigenvalue weighted by Crippen LogP contribution is -1.98. The second kappa shape index (κ2) is 3.08. The van der Waals surface area contributed by atoms with E-state index in [1.807, 2.05) is 6.92 Å². The Morgan fingerprint density at radius 2 is 2.00 bits per heavy atom. The minimum atomic E-state index is 0.539. The molecular formula is C5H11NS. The van der Waals surface area contributed by atoms with Gasteiger partial charge in [0.05, 0.1) is 0 Å². The van der Waals surface area contributed by atoms with E-state index in [0.29, 0.717) is 5.92 Å². The van der Waals surface area contributed by atoms with Crippen LogP contribution in [0.15, 0.2) is 4.40 Å². The molecule has 0 radical (unpaired) electrons. The lowest BCUT2D eigenvalue weighted by Gasteiger charge is -1.97. The summed E-state index contributed by atoms with van der Waals surface area (Å²) in [6, 6.07) is 0. The number of rotatable bonds is 1. The van der Waals surface area contributed by atoms with Gasteiger partial charge in [0.25, 0.3) is 0 Å². The van der Waals surface area contributed by atoms with E-state index in [2.05, 4.69) is 31.1 Å². The summed E-state index contributed by atoms with van der Waals surface area (Å²) in [7, 11) is 0. The third-order valence-corrected chi connectivity index (χ3v) is 1.31. The molecule has 0 fully saturated rings. The first kappa shape index (κ1) is 7.02. The van der Waals surface area contributed by atoms with Gasteiger partial charge < -0.3 is 0 Å². The molecule has 0 spiro atoms. The van der Waals surface area contributed by atoms with Gasteiger partial charge in [-0.2, -0.15) is 0 Å². The average Bonchev–Trinajstić information content (AvgIpc) is 1.65. The molecule has 0 aliphatic carbocycles. The molecule has 1 nitrogen and oxygen atoms in total. The highest BCUT2D eigenvalue weighted by atomic mass is 32.1. The fourth-order valence-corrected chi connectivity index (χ4v) is 0.346. The first-order valence-corrected chi connectivity index (χ1v) is 2.77. The summed E-state index contributed by atoms with van der Waals surface area (Å²) < 4.78 is 3.70. The number of nitrogens with zero attached hydrogens (tertiary/aromatic N) is 1. The molecule has 0 unspecified atom stereocenters. The maximum absolute atomic E-state index is 3.74. The van der Waals surface area contributed by atoms with Crippen molar-refractivity contribution in [2.45, 2.75) is 20.8 Å². The van der Waals surface area contributed by atoms with Gasteiger partial charge in [-0.15, -0.1) is 0 Å². The maximum Gasteiger partial charge on any atom is 0.0253 e. The Labute approximate surface area is 50.4 Å². The summed E-state index contributed by atoms with van der Waals surface area (Å²) in [6.45, 7) is 6.15. The molecule has 0 bridgehead atoms. The van der Waals surface area contributed by atoms with Crippen LogP contribution in [0.25, 0.3) is 0 Å². The van der Waals surface area contributed by atoms with E-state index in [4.69, 9.17) is 0 Å². The van der Waals surface area contributed by atoms with Crippen molar-refractivity contribution in [2.75, 3.05) is 0 Å². The van der Waals surface area contributed by atoms with Gasteiger partial charge in [-0.3, -0.25) is 0 Å². The zero-order valence-electron chi connectivity index (χ0n) is 4.97. The molecule has 0 aliphatic heterocycles. The maximum atomic E-state index is 3.74. The van der Waals surface area contributed by atoms with E-state index in [-0.39, 0.29) is 0 Å². The minimum Gasteiger partial charge on any atom is -0.229 e. The minimum absolute atomic E-state index is 0.539. The molecule has 0 saturated carbocycles. The van der Waals surface area contributed by atoms with Crippen LogP contribution in [0.3, 0.4) is 0 Å². The Morgan fingerprint density at radius 3 is 2.00 bits per heavy atom. The zero-order chi connectivity index (χ0) is 5.86. The molecule has 0 aromatic heterocycles. The molecule has 0 N–H and O–H groups in total. The van der Waals surface area contributed by atoms with Gasteiger partial charge in [0.2, 0.25) is 0 Å². The van der Waals surface area contributed by atoms with Crippen LogP contribution in [0.5, 0.6) is 0 Å². The monoisotopic (exact) mass is 117 g/mol. The third kappa shape index (κ3) is 2.68. The fourth-order valence-electron chi connectivity index (χ4n) is 0.115. The van der Waals surface area contributed by atoms with Gasteiger partial charge in [-0.25, -0.2) is 4.40 Å². The predicted molar refractivity (Wildman–Crippen MR) is 36.9 cm³/mol. The van der Waals surface area contributed by atoms with Crippen LogP contribution >= 0.6 is 12.8 Å². The molecule has 2 heteroatoms. The largest absolute Gasteiger partial charge is 0.229 e.